The summed E-state index contributed by atoms with van der Waals surface area (Å²) < 4.78 is 12.7. The Bertz CT molecular complexity index is 1010. The van der Waals surface area contributed by atoms with Crippen LogP contribution in [0.15, 0.2) is 48.5 Å². The fourth-order valence-electron chi connectivity index (χ4n) is 4.65. The van der Waals surface area contributed by atoms with Gasteiger partial charge in [0, 0.05) is 50.1 Å². The molecular weight excluding hydrogens is 464 g/mol. The van der Waals surface area contributed by atoms with E-state index < -0.39 is 12.3 Å². The van der Waals surface area contributed by atoms with Gasteiger partial charge in [0.1, 0.15) is 0 Å². The summed E-state index contributed by atoms with van der Waals surface area (Å²) in [6.45, 7) is 2.16. The number of carboxylic acid groups (broad SMARTS) is 1. The minimum absolute atomic E-state index is 0.0140. The van der Waals surface area contributed by atoms with Crippen molar-refractivity contribution in [3.8, 4) is 0 Å². The SMILES string of the molecule is O=C(O)CCCC(=O)Nc1ccc(C2OC(CN3CCC(O)C3)CC(c3ccc(CO)cc3)O2)cc1. The van der Waals surface area contributed by atoms with E-state index in [-0.39, 0.29) is 43.7 Å². The maximum Gasteiger partial charge on any atom is 0.303 e. The zero-order valence-electron chi connectivity index (χ0n) is 20.2. The van der Waals surface area contributed by atoms with E-state index in [1.807, 2.05) is 36.4 Å². The zero-order chi connectivity index (χ0) is 25.5. The molecule has 4 unspecified atom stereocenters. The second-order valence-corrected chi connectivity index (χ2v) is 9.47. The normalized spacial score (nSPS) is 24.5. The fourth-order valence-corrected chi connectivity index (χ4v) is 4.65. The average Bonchev–Trinajstić information content (AvgIpc) is 3.28. The minimum atomic E-state index is -0.915. The van der Waals surface area contributed by atoms with Crippen LogP contribution in [0.5, 0.6) is 0 Å². The molecule has 2 saturated heterocycles. The maximum absolute atomic E-state index is 12.1. The monoisotopic (exact) mass is 498 g/mol. The number of likely N-dealkylation sites (tertiary alicyclic amines) is 1. The van der Waals surface area contributed by atoms with Crippen molar-refractivity contribution in [2.24, 2.45) is 0 Å². The predicted octanol–water partition coefficient (Wildman–Crippen LogP) is 2.98. The van der Waals surface area contributed by atoms with E-state index >= 15 is 0 Å². The van der Waals surface area contributed by atoms with Crippen molar-refractivity contribution in [2.45, 2.75) is 63.3 Å². The smallest absolute Gasteiger partial charge is 0.303 e. The van der Waals surface area contributed by atoms with Gasteiger partial charge in [-0.2, -0.15) is 0 Å². The lowest BCUT2D eigenvalue weighted by atomic mass is 9.99. The zero-order valence-corrected chi connectivity index (χ0v) is 20.2. The maximum atomic E-state index is 12.1. The molecule has 2 aromatic rings. The Hall–Kier alpha value is -2.82. The minimum Gasteiger partial charge on any atom is -0.481 e. The average molecular weight is 499 g/mol. The van der Waals surface area contributed by atoms with E-state index in [4.69, 9.17) is 14.6 Å². The molecule has 194 valence electrons. The first-order valence-corrected chi connectivity index (χ1v) is 12.4. The number of aliphatic carboxylic acids is 1. The molecule has 9 nitrogen and oxygen atoms in total. The van der Waals surface area contributed by atoms with Crippen molar-refractivity contribution < 1.29 is 34.4 Å². The van der Waals surface area contributed by atoms with E-state index in [0.717, 1.165) is 29.7 Å². The molecule has 9 heteroatoms. The third kappa shape index (κ3) is 7.35. The van der Waals surface area contributed by atoms with Crippen LogP contribution >= 0.6 is 0 Å². The van der Waals surface area contributed by atoms with Crippen LogP contribution in [0.2, 0.25) is 0 Å². The number of aliphatic hydroxyl groups excluding tert-OH is 2. The number of amides is 1. The fraction of sp³-hybridized carbons (Fsp3) is 0.481. The number of carbonyl (C=O) groups excluding carboxylic acids is 1. The van der Waals surface area contributed by atoms with Crippen LogP contribution in [0, 0.1) is 0 Å². The Morgan fingerprint density at radius 1 is 1.00 bits per heavy atom. The van der Waals surface area contributed by atoms with E-state index in [9.17, 15) is 19.8 Å². The third-order valence-corrected chi connectivity index (χ3v) is 6.59. The van der Waals surface area contributed by atoms with Gasteiger partial charge >= 0.3 is 5.97 Å². The molecule has 4 N–H and O–H groups in total. The first-order chi connectivity index (χ1) is 17.4. The summed E-state index contributed by atoms with van der Waals surface area (Å²) in [6, 6.07) is 15.0. The number of benzene rings is 2. The molecule has 0 bridgehead atoms. The highest BCUT2D eigenvalue weighted by Crippen LogP contribution is 2.38. The van der Waals surface area contributed by atoms with Crippen LogP contribution in [0.3, 0.4) is 0 Å². The van der Waals surface area contributed by atoms with Crippen LogP contribution in [-0.4, -0.2) is 63.9 Å². The van der Waals surface area contributed by atoms with E-state index in [2.05, 4.69) is 10.2 Å². The number of anilines is 1. The molecule has 2 heterocycles. The molecule has 2 aliphatic rings. The molecule has 2 fully saturated rings. The van der Waals surface area contributed by atoms with E-state index in [1.165, 1.54) is 0 Å². The molecule has 2 aliphatic heterocycles. The summed E-state index contributed by atoms with van der Waals surface area (Å²) in [5, 5.41) is 30.8. The van der Waals surface area contributed by atoms with Gasteiger partial charge in [0.2, 0.25) is 5.91 Å². The molecule has 0 saturated carbocycles. The predicted molar refractivity (Wildman–Crippen MR) is 132 cm³/mol. The number of carbonyl (C=O) groups is 2. The van der Waals surface area contributed by atoms with Gasteiger partial charge in [-0.15, -0.1) is 0 Å². The first-order valence-electron chi connectivity index (χ1n) is 12.4. The number of nitrogens with one attached hydrogen (secondary N) is 1. The number of β-amino-alcohol motifs (C(OH)–C–C–N with tert-alkyl or cyclic N) is 1. The Morgan fingerprint density at radius 2 is 1.72 bits per heavy atom. The molecule has 36 heavy (non-hydrogen) atoms. The third-order valence-electron chi connectivity index (χ3n) is 6.59. The van der Waals surface area contributed by atoms with Crippen molar-refractivity contribution in [2.75, 3.05) is 25.0 Å². The Kier molecular flexibility index (Phi) is 9.06. The van der Waals surface area contributed by atoms with E-state index in [0.29, 0.717) is 31.6 Å². The van der Waals surface area contributed by atoms with Gasteiger partial charge in [0.15, 0.2) is 6.29 Å². The van der Waals surface area contributed by atoms with Crippen LogP contribution in [-0.2, 0) is 25.7 Å². The quantitative estimate of drug-likeness (QED) is 0.394. The molecule has 0 aliphatic carbocycles. The lowest BCUT2D eigenvalue weighted by molar-refractivity contribution is -0.252. The summed E-state index contributed by atoms with van der Waals surface area (Å²) in [7, 11) is 0. The van der Waals surface area contributed by atoms with Gasteiger partial charge in [0.05, 0.1) is 24.9 Å². The standard InChI is InChI=1S/C27H34N2O7/c30-17-18-4-6-19(7-5-18)24-14-23(16-29-13-12-22(31)15-29)35-27(36-24)20-8-10-21(11-9-20)28-25(32)2-1-3-26(33)34/h4-11,22-24,27,30-31H,1-3,12-17H2,(H,28,32)(H,33,34). The lowest BCUT2D eigenvalue weighted by Crippen LogP contribution is -2.38. The molecule has 0 radical (unpaired) electrons. The summed E-state index contributed by atoms with van der Waals surface area (Å²) in [5.74, 6) is -1.14. The summed E-state index contributed by atoms with van der Waals surface area (Å²) in [4.78, 5) is 24.9. The largest absolute Gasteiger partial charge is 0.481 e. The number of nitrogens with zero attached hydrogens (tertiary/aromatic N) is 1. The molecule has 4 atom stereocenters. The highest BCUT2D eigenvalue weighted by atomic mass is 16.7. The Morgan fingerprint density at radius 3 is 2.36 bits per heavy atom. The van der Waals surface area contributed by atoms with Gasteiger partial charge in [-0.1, -0.05) is 36.4 Å². The van der Waals surface area contributed by atoms with Gasteiger partial charge < -0.3 is 30.1 Å². The molecule has 4 rings (SSSR count). The van der Waals surface area contributed by atoms with Crippen LogP contribution in [0.4, 0.5) is 5.69 Å². The molecular formula is C27H34N2O7. The van der Waals surface area contributed by atoms with Crippen molar-refractivity contribution in [1.82, 2.24) is 4.90 Å². The van der Waals surface area contributed by atoms with Crippen LogP contribution < -0.4 is 5.32 Å². The number of carboxylic acids is 1. The second-order valence-electron chi connectivity index (χ2n) is 9.47. The van der Waals surface area contributed by atoms with Crippen molar-refractivity contribution in [3.05, 3.63) is 65.2 Å². The number of hydrogen-bond donors (Lipinski definition) is 4. The molecule has 2 aromatic carbocycles. The summed E-state index contributed by atoms with van der Waals surface area (Å²) in [6.07, 6.45) is 0.658. The van der Waals surface area contributed by atoms with E-state index in [1.54, 1.807) is 12.1 Å². The number of ether oxygens (including phenoxy) is 2. The molecule has 0 spiro atoms. The number of hydrogen-bond acceptors (Lipinski definition) is 7. The highest BCUT2D eigenvalue weighted by Gasteiger charge is 2.34. The van der Waals surface area contributed by atoms with Crippen LogP contribution in [0.25, 0.3) is 0 Å². The van der Waals surface area contributed by atoms with Gasteiger partial charge in [-0.25, -0.2) is 0 Å². The summed E-state index contributed by atoms with van der Waals surface area (Å²) in [5.41, 5.74) is 3.29. The topological polar surface area (TPSA) is 129 Å². The van der Waals surface area contributed by atoms with Crippen LogP contribution in [0.1, 0.15) is 61.2 Å². The molecule has 1 amide bonds. The summed E-state index contributed by atoms with van der Waals surface area (Å²) >= 11 is 0. The van der Waals surface area contributed by atoms with Crippen molar-refractivity contribution in [1.29, 1.82) is 0 Å². The molecule has 0 aromatic heterocycles. The van der Waals surface area contributed by atoms with Gasteiger partial charge in [-0.3, -0.25) is 14.5 Å². The van der Waals surface area contributed by atoms with Crippen molar-refractivity contribution in [3.63, 3.8) is 0 Å². The number of rotatable bonds is 10. The Labute approximate surface area is 210 Å². The number of aliphatic hydroxyl groups is 2. The first kappa shape index (κ1) is 26.2. The lowest BCUT2D eigenvalue weighted by Gasteiger charge is -2.37. The highest BCUT2D eigenvalue weighted by molar-refractivity contribution is 5.90. The van der Waals surface area contributed by atoms with Gasteiger partial charge in [-0.05, 0) is 36.1 Å². The van der Waals surface area contributed by atoms with Crippen molar-refractivity contribution >= 4 is 17.6 Å². The van der Waals surface area contributed by atoms with Gasteiger partial charge in [0.25, 0.3) is 0 Å². The second kappa shape index (κ2) is 12.4. The Balaban J connectivity index is 1.43.